The molecule has 1 amide bonds. The van der Waals surface area contributed by atoms with Crippen molar-refractivity contribution < 1.29 is 14.4 Å². The van der Waals surface area contributed by atoms with Crippen LogP contribution in [0.25, 0.3) is 0 Å². The largest absolute Gasteiger partial charge is 0.498 e. The van der Waals surface area contributed by atoms with Crippen molar-refractivity contribution in [2.24, 2.45) is 0 Å². The lowest BCUT2D eigenvalue weighted by Gasteiger charge is -2.55. The van der Waals surface area contributed by atoms with Gasteiger partial charge in [-0.15, -0.1) is 0 Å². The van der Waals surface area contributed by atoms with Crippen LogP contribution in [-0.2, 0) is 6.54 Å². The maximum Gasteiger partial charge on any atom is 0.258 e. The molecule has 1 unspecified atom stereocenters. The predicted molar refractivity (Wildman–Crippen MR) is 88.8 cm³/mol. The van der Waals surface area contributed by atoms with Gasteiger partial charge in [-0.3, -0.25) is 9.38 Å². The summed E-state index contributed by atoms with van der Waals surface area (Å²) >= 11 is 0. The fourth-order valence-corrected chi connectivity index (χ4v) is 3.73. The minimum absolute atomic E-state index is 0.0143. The normalized spacial score (nSPS) is 26.0. The van der Waals surface area contributed by atoms with E-state index in [0.717, 1.165) is 31.0 Å². The Balaban J connectivity index is 2.09. The number of piperazine rings is 1. The molecule has 1 aromatic rings. The lowest BCUT2D eigenvalue weighted by atomic mass is 9.95. The maximum atomic E-state index is 11.9. The molecule has 6 heteroatoms. The minimum Gasteiger partial charge on any atom is -0.498 e. The number of carbonyl (C=O) groups is 1. The van der Waals surface area contributed by atoms with Crippen molar-refractivity contribution in [2.75, 3.05) is 32.0 Å². The van der Waals surface area contributed by atoms with Crippen LogP contribution in [0.1, 0.15) is 33.3 Å². The van der Waals surface area contributed by atoms with Crippen LogP contribution >= 0.6 is 0 Å². The number of carboxylic acid groups (broad SMARTS) is 1. The molecule has 0 radical (unpaired) electrons. The van der Waals surface area contributed by atoms with E-state index in [1.165, 1.54) is 0 Å². The molecule has 0 saturated carbocycles. The average molecular weight is 320 g/mol. The van der Waals surface area contributed by atoms with Gasteiger partial charge in [0.15, 0.2) is 0 Å². The van der Waals surface area contributed by atoms with Crippen molar-refractivity contribution >= 4 is 11.9 Å². The van der Waals surface area contributed by atoms with Crippen molar-refractivity contribution in [1.82, 2.24) is 9.88 Å². The molecule has 0 bridgehead atoms. The molecule has 0 aliphatic carbocycles. The zero-order chi connectivity index (χ0) is 17.3. The van der Waals surface area contributed by atoms with E-state index >= 15 is 0 Å². The Morgan fingerprint density at radius 2 is 2.17 bits per heavy atom. The topological polar surface area (TPSA) is 68.3 Å². The molecular weight excluding hydrogens is 292 g/mol. The molecule has 1 fully saturated rings. The molecule has 23 heavy (non-hydrogen) atoms. The van der Waals surface area contributed by atoms with E-state index in [2.05, 4.69) is 21.3 Å². The summed E-state index contributed by atoms with van der Waals surface area (Å²) in [6, 6.07) is 4.00. The van der Waals surface area contributed by atoms with Crippen LogP contribution in [0.3, 0.4) is 0 Å². The summed E-state index contributed by atoms with van der Waals surface area (Å²) in [7, 11) is 1.85. The number of nitrogens with zero attached hydrogens (tertiary/aromatic N) is 3. The number of hydrogen-bond donors (Lipinski definition) is 1. The monoisotopic (exact) mass is 320 g/mol. The molecule has 0 aromatic carbocycles. The molecule has 1 aliphatic heterocycles. The van der Waals surface area contributed by atoms with Crippen molar-refractivity contribution in [3.8, 4) is 0 Å². The SMILES string of the molecule is CNc1ccc(CN2CC[N+](C(=O)[O-])(C(C)(C)C)[C@@H](C)C2)cn1. The first-order chi connectivity index (χ1) is 10.7. The molecule has 0 spiro atoms. The Kier molecular flexibility index (Phi) is 4.96. The van der Waals surface area contributed by atoms with Gasteiger partial charge >= 0.3 is 0 Å². The van der Waals surface area contributed by atoms with E-state index in [4.69, 9.17) is 0 Å². The van der Waals surface area contributed by atoms with Crippen molar-refractivity contribution in [2.45, 2.75) is 45.8 Å². The van der Waals surface area contributed by atoms with Gasteiger partial charge in [-0.05, 0) is 39.3 Å². The van der Waals surface area contributed by atoms with Gasteiger partial charge in [0.05, 0.1) is 18.6 Å². The van der Waals surface area contributed by atoms with Gasteiger partial charge in [0.1, 0.15) is 11.9 Å². The predicted octanol–water partition coefficient (Wildman–Crippen LogP) is 1.29. The first-order valence-corrected chi connectivity index (χ1v) is 8.15. The number of hydrogen-bond acceptors (Lipinski definition) is 5. The first kappa shape index (κ1) is 17.7. The molecule has 2 rings (SSSR count). The standard InChI is InChI=1S/C17H28N4O2/c1-13-11-20(12-14-6-7-15(18-5)19-10-14)8-9-21(13,16(22)23)17(2,3)4/h6-7,10,13H,8-9,11-12H2,1-5H3,(H-,18,19,22,23)/t13-,21?/m0/s1. The molecule has 6 nitrogen and oxygen atoms in total. The van der Waals surface area contributed by atoms with E-state index in [0.29, 0.717) is 6.54 Å². The number of rotatable bonds is 3. The van der Waals surface area contributed by atoms with Crippen LogP contribution in [0.15, 0.2) is 18.3 Å². The fraction of sp³-hybridized carbons (Fsp3) is 0.647. The highest BCUT2D eigenvalue weighted by Crippen LogP contribution is 2.32. The third-order valence-electron chi connectivity index (χ3n) is 5.05. The minimum atomic E-state index is -0.968. The number of amides is 1. The summed E-state index contributed by atoms with van der Waals surface area (Å²) in [4.78, 5) is 18.5. The van der Waals surface area contributed by atoms with Crippen LogP contribution in [0.5, 0.6) is 0 Å². The van der Waals surface area contributed by atoms with E-state index in [1.807, 2.05) is 47.0 Å². The number of nitrogens with one attached hydrogen (secondary N) is 1. The summed E-state index contributed by atoms with van der Waals surface area (Å²) < 4.78 is 0.0143. The highest BCUT2D eigenvalue weighted by molar-refractivity contribution is 5.55. The van der Waals surface area contributed by atoms with Crippen molar-refractivity contribution in [1.29, 1.82) is 0 Å². The Morgan fingerprint density at radius 1 is 1.48 bits per heavy atom. The highest BCUT2D eigenvalue weighted by Gasteiger charge is 2.49. The molecule has 2 heterocycles. The Labute approximate surface area is 138 Å². The molecular formula is C17H28N4O2. The molecule has 1 saturated heterocycles. The van der Waals surface area contributed by atoms with Gasteiger partial charge < -0.3 is 15.2 Å². The fourth-order valence-electron chi connectivity index (χ4n) is 3.73. The smallest absolute Gasteiger partial charge is 0.258 e. The Morgan fingerprint density at radius 3 is 2.61 bits per heavy atom. The number of pyridine rings is 1. The van der Waals surface area contributed by atoms with E-state index in [-0.39, 0.29) is 16.1 Å². The summed E-state index contributed by atoms with van der Waals surface area (Å²) in [6.45, 7) is 10.8. The molecule has 1 N–H and O–H groups in total. The number of quaternary nitrogens is 1. The Bertz CT molecular complexity index is 553. The zero-order valence-electron chi connectivity index (χ0n) is 14.8. The van der Waals surface area contributed by atoms with Crippen LogP contribution in [-0.4, -0.2) is 58.7 Å². The number of carbonyl (C=O) groups excluding carboxylic acids is 1. The van der Waals surface area contributed by atoms with Gasteiger partial charge in [0, 0.05) is 26.3 Å². The van der Waals surface area contributed by atoms with E-state index < -0.39 is 6.09 Å². The quantitative estimate of drug-likeness (QED) is 0.850. The van der Waals surface area contributed by atoms with Crippen LogP contribution in [0.4, 0.5) is 10.6 Å². The number of aromatic nitrogens is 1. The highest BCUT2D eigenvalue weighted by atomic mass is 16.4. The third kappa shape index (κ3) is 3.33. The summed E-state index contributed by atoms with van der Waals surface area (Å²) in [5.74, 6) is 0.848. The Hall–Kier alpha value is -1.66. The van der Waals surface area contributed by atoms with Gasteiger partial charge in [-0.2, -0.15) is 0 Å². The lowest BCUT2D eigenvalue weighted by molar-refractivity contribution is -0.943. The van der Waals surface area contributed by atoms with Crippen LogP contribution in [0, 0.1) is 0 Å². The lowest BCUT2D eigenvalue weighted by Crippen LogP contribution is -2.76. The van der Waals surface area contributed by atoms with Crippen molar-refractivity contribution in [3.05, 3.63) is 23.9 Å². The second-order valence-electron chi connectivity index (χ2n) is 7.41. The molecule has 1 aromatic heterocycles. The van der Waals surface area contributed by atoms with Gasteiger partial charge in [-0.25, -0.2) is 4.98 Å². The maximum absolute atomic E-state index is 11.9. The van der Waals surface area contributed by atoms with Gasteiger partial charge in [0.25, 0.3) is 6.09 Å². The van der Waals surface area contributed by atoms with Gasteiger partial charge in [-0.1, -0.05) is 6.07 Å². The molecule has 2 atom stereocenters. The summed E-state index contributed by atoms with van der Waals surface area (Å²) in [6.07, 6.45) is 0.903. The number of anilines is 1. The van der Waals surface area contributed by atoms with E-state index in [1.54, 1.807) is 0 Å². The second-order valence-corrected chi connectivity index (χ2v) is 7.41. The molecule has 128 valence electrons. The van der Waals surface area contributed by atoms with E-state index in [9.17, 15) is 9.90 Å². The second kappa shape index (κ2) is 6.45. The average Bonchev–Trinajstić information content (AvgIpc) is 2.46. The van der Waals surface area contributed by atoms with Crippen molar-refractivity contribution in [3.63, 3.8) is 0 Å². The zero-order valence-corrected chi connectivity index (χ0v) is 14.8. The summed E-state index contributed by atoms with van der Waals surface area (Å²) in [5, 5.41) is 14.9. The van der Waals surface area contributed by atoms with Crippen LogP contribution < -0.4 is 10.4 Å². The van der Waals surface area contributed by atoms with Gasteiger partial charge in [0.2, 0.25) is 0 Å². The van der Waals surface area contributed by atoms with Crippen LogP contribution in [0.2, 0.25) is 0 Å². The summed E-state index contributed by atoms with van der Waals surface area (Å²) in [5.41, 5.74) is 0.765. The third-order valence-corrected chi connectivity index (χ3v) is 5.05. The molecule has 1 aliphatic rings. The first-order valence-electron chi connectivity index (χ1n) is 8.15.